The van der Waals surface area contributed by atoms with Gasteiger partial charge in [0.05, 0.1) is 0 Å². The van der Waals surface area contributed by atoms with E-state index in [1.54, 1.807) is 0 Å². The molecule has 0 heterocycles. The molecule has 0 aliphatic heterocycles. The second-order valence-electron chi connectivity index (χ2n) is 9.15. The Balaban J connectivity index is 1.59. The van der Waals surface area contributed by atoms with Gasteiger partial charge in [0.1, 0.15) is 36.9 Å². The van der Waals surface area contributed by atoms with Crippen LogP contribution >= 0.6 is 0 Å². The normalized spacial score (nSPS) is 13.0. The van der Waals surface area contributed by atoms with Gasteiger partial charge in [-0.15, -0.1) is 0 Å². The zero-order valence-electron chi connectivity index (χ0n) is 20.7. The Kier molecular flexibility index (Phi) is 9.52. The Bertz CT molecular complexity index is 974. The maximum absolute atomic E-state index is 10.7. The number of benzene rings is 3. The lowest BCUT2D eigenvalue weighted by atomic mass is 10.1. The second-order valence-corrected chi connectivity index (χ2v) is 9.15. The summed E-state index contributed by atoms with van der Waals surface area (Å²) in [5, 5.41) is 21.5. The van der Waals surface area contributed by atoms with Gasteiger partial charge < -0.3 is 19.7 Å². The Hall–Kier alpha value is -2.86. The van der Waals surface area contributed by atoms with E-state index in [1.807, 2.05) is 99.3 Å². The van der Waals surface area contributed by atoms with Gasteiger partial charge in [-0.3, -0.25) is 4.90 Å². The second kappa shape index (κ2) is 12.6. The molecule has 0 aromatic heterocycles. The summed E-state index contributed by atoms with van der Waals surface area (Å²) in [6.45, 7) is 9.76. The molecular formula is C29H37NO4. The highest BCUT2D eigenvalue weighted by atomic mass is 16.5. The summed E-state index contributed by atoms with van der Waals surface area (Å²) in [5.74, 6) is 1.58. The van der Waals surface area contributed by atoms with Gasteiger partial charge >= 0.3 is 0 Å². The number of aryl methyl sites for hydroxylation is 4. The fourth-order valence-corrected chi connectivity index (χ4v) is 3.84. The van der Waals surface area contributed by atoms with Crippen molar-refractivity contribution >= 4 is 0 Å². The van der Waals surface area contributed by atoms with Crippen molar-refractivity contribution < 1.29 is 19.7 Å². The molecule has 3 rings (SSSR count). The lowest BCUT2D eigenvalue weighted by Gasteiger charge is -2.27. The quantitative estimate of drug-likeness (QED) is 0.411. The third-order valence-corrected chi connectivity index (χ3v) is 5.74. The van der Waals surface area contributed by atoms with Crippen LogP contribution < -0.4 is 9.47 Å². The molecule has 2 atom stereocenters. The van der Waals surface area contributed by atoms with Gasteiger partial charge in [0.15, 0.2) is 0 Å². The first-order valence-electron chi connectivity index (χ1n) is 11.8. The largest absolute Gasteiger partial charge is 0.491 e. The van der Waals surface area contributed by atoms with Crippen molar-refractivity contribution in [3.63, 3.8) is 0 Å². The fraction of sp³-hybridized carbons (Fsp3) is 0.379. The molecule has 34 heavy (non-hydrogen) atoms. The van der Waals surface area contributed by atoms with E-state index in [0.717, 1.165) is 39.3 Å². The predicted octanol–water partition coefficient (Wildman–Crippen LogP) is 4.60. The van der Waals surface area contributed by atoms with Crippen LogP contribution in [0.4, 0.5) is 0 Å². The SMILES string of the molecule is Cc1ccc(C)c(OCC(O)CN(Cc2ccccc2)CC(O)COc2cc(C)ccc2C)c1. The number of nitrogens with zero attached hydrogens (tertiary/aromatic N) is 1. The van der Waals surface area contributed by atoms with Crippen LogP contribution in [0.2, 0.25) is 0 Å². The Labute approximate surface area is 203 Å². The first-order chi connectivity index (χ1) is 16.3. The molecule has 0 aliphatic carbocycles. The van der Waals surface area contributed by atoms with Crippen LogP contribution in [0.3, 0.4) is 0 Å². The average molecular weight is 464 g/mol. The maximum atomic E-state index is 10.7. The number of aliphatic hydroxyl groups is 2. The smallest absolute Gasteiger partial charge is 0.122 e. The van der Waals surface area contributed by atoms with Crippen molar-refractivity contribution in [1.82, 2.24) is 4.90 Å². The summed E-state index contributed by atoms with van der Waals surface area (Å²) in [6, 6.07) is 22.2. The van der Waals surface area contributed by atoms with E-state index in [-0.39, 0.29) is 13.2 Å². The van der Waals surface area contributed by atoms with Gasteiger partial charge in [-0.1, -0.05) is 54.6 Å². The Morgan fingerprint density at radius 2 is 1.15 bits per heavy atom. The molecule has 0 saturated heterocycles. The minimum atomic E-state index is -0.698. The fourth-order valence-electron chi connectivity index (χ4n) is 3.84. The molecule has 3 aromatic rings. The molecule has 3 aromatic carbocycles. The Morgan fingerprint density at radius 3 is 1.62 bits per heavy atom. The van der Waals surface area contributed by atoms with Crippen molar-refractivity contribution in [3.05, 3.63) is 94.5 Å². The van der Waals surface area contributed by atoms with Crippen LogP contribution in [0.5, 0.6) is 11.5 Å². The van der Waals surface area contributed by atoms with Crippen LogP contribution in [0, 0.1) is 27.7 Å². The summed E-state index contributed by atoms with van der Waals surface area (Å²) in [6.07, 6.45) is -1.40. The third kappa shape index (κ3) is 8.17. The van der Waals surface area contributed by atoms with Crippen LogP contribution in [-0.2, 0) is 6.54 Å². The summed E-state index contributed by atoms with van der Waals surface area (Å²) >= 11 is 0. The van der Waals surface area contributed by atoms with Crippen molar-refractivity contribution in [2.45, 2.75) is 46.4 Å². The zero-order valence-corrected chi connectivity index (χ0v) is 20.7. The molecule has 0 fully saturated rings. The number of aliphatic hydroxyl groups excluding tert-OH is 2. The molecule has 0 bridgehead atoms. The van der Waals surface area contributed by atoms with Crippen LogP contribution in [0.25, 0.3) is 0 Å². The average Bonchev–Trinajstić information content (AvgIpc) is 2.81. The molecule has 5 nitrogen and oxygen atoms in total. The minimum Gasteiger partial charge on any atom is -0.491 e. The number of ether oxygens (including phenoxy) is 2. The summed E-state index contributed by atoms with van der Waals surface area (Å²) in [5.41, 5.74) is 5.43. The van der Waals surface area contributed by atoms with Crippen molar-refractivity contribution in [3.8, 4) is 11.5 Å². The minimum absolute atomic E-state index is 0.185. The summed E-state index contributed by atoms with van der Waals surface area (Å²) < 4.78 is 11.8. The van der Waals surface area contributed by atoms with E-state index < -0.39 is 12.2 Å². The monoisotopic (exact) mass is 463 g/mol. The highest BCUT2D eigenvalue weighted by molar-refractivity contribution is 5.36. The van der Waals surface area contributed by atoms with Crippen molar-refractivity contribution in [2.75, 3.05) is 26.3 Å². The Morgan fingerprint density at radius 1 is 0.676 bits per heavy atom. The van der Waals surface area contributed by atoms with Gasteiger partial charge in [-0.2, -0.15) is 0 Å². The topological polar surface area (TPSA) is 62.2 Å². The lowest BCUT2D eigenvalue weighted by Crippen LogP contribution is -2.41. The van der Waals surface area contributed by atoms with E-state index in [1.165, 1.54) is 0 Å². The molecule has 0 saturated carbocycles. The van der Waals surface area contributed by atoms with Crippen LogP contribution in [0.1, 0.15) is 27.8 Å². The molecular weight excluding hydrogens is 426 g/mol. The van der Waals surface area contributed by atoms with Crippen molar-refractivity contribution in [2.24, 2.45) is 0 Å². The maximum Gasteiger partial charge on any atom is 0.122 e. The number of rotatable bonds is 12. The molecule has 0 radical (unpaired) electrons. The first-order valence-corrected chi connectivity index (χ1v) is 11.8. The molecule has 2 N–H and O–H groups in total. The van der Waals surface area contributed by atoms with Gasteiger partial charge in [0.2, 0.25) is 0 Å². The van der Waals surface area contributed by atoms with Gasteiger partial charge in [0, 0.05) is 19.6 Å². The molecule has 2 unspecified atom stereocenters. The highest BCUT2D eigenvalue weighted by Gasteiger charge is 2.18. The first kappa shape index (κ1) is 25.8. The van der Waals surface area contributed by atoms with Crippen molar-refractivity contribution in [1.29, 1.82) is 0 Å². The standard InChI is InChI=1S/C29H37NO4/c1-21-10-12-23(3)28(14-21)33-19-26(31)17-30(16-25-8-6-5-7-9-25)18-27(32)20-34-29-15-22(2)11-13-24(29)4/h5-15,26-27,31-32H,16-20H2,1-4H3. The van der Waals surface area contributed by atoms with E-state index in [2.05, 4.69) is 0 Å². The van der Waals surface area contributed by atoms with Crippen LogP contribution in [-0.4, -0.2) is 53.6 Å². The predicted molar refractivity (Wildman–Crippen MR) is 137 cm³/mol. The third-order valence-electron chi connectivity index (χ3n) is 5.74. The van der Waals surface area contributed by atoms with E-state index in [9.17, 15) is 10.2 Å². The van der Waals surface area contributed by atoms with Gasteiger partial charge in [0.25, 0.3) is 0 Å². The number of hydrogen-bond acceptors (Lipinski definition) is 5. The van der Waals surface area contributed by atoms with Crippen LogP contribution in [0.15, 0.2) is 66.7 Å². The molecule has 0 amide bonds. The summed E-state index contributed by atoms with van der Waals surface area (Å²) in [7, 11) is 0. The molecule has 5 heteroatoms. The van der Waals surface area contributed by atoms with Gasteiger partial charge in [-0.05, 0) is 67.6 Å². The molecule has 0 spiro atoms. The number of hydrogen-bond donors (Lipinski definition) is 2. The van der Waals surface area contributed by atoms with Gasteiger partial charge in [-0.25, -0.2) is 0 Å². The zero-order chi connectivity index (χ0) is 24.5. The molecule has 182 valence electrons. The highest BCUT2D eigenvalue weighted by Crippen LogP contribution is 2.20. The van der Waals surface area contributed by atoms with E-state index >= 15 is 0 Å². The molecule has 0 aliphatic rings. The summed E-state index contributed by atoms with van der Waals surface area (Å²) in [4.78, 5) is 2.05. The van der Waals surface area contributed by atoms with E-state index in [0.29, 0.717) is 19.6 Å². The van der Waals surface area contributed by atoms with E-state index in [4.69, 9.17) is 9.47 Å². The lowest BCUT2D eigenvalue weighted by molar-refractivity contribution is 0.0281.